The molecule has 0 fully saturated rings. The van der Waals surface area contributed by atoms with Crippen molar-refractivity contribution in [2.24, 2.45) is 0 Å². The first-order chi connectivity index (χ1) is 13.5. The summed E-state index contributed by atoms with van der Waals surface area (Å²) in [7, 11) is 1.60. The lowest BCUT2D eigenvalue weighted by Gasteiger charge is -2.20. The maximum atomic E-state index is 13.0. The topological polar surface area (TPSA) is 71.1 Å². The van der Waals surface area contributed by atoms with Crippen LogP contribution < -0.4 is 9.64 Å². The Morgan fingerprint density at radius 1 is 1.21 bits per heavy atom. The normalized spacial score (nSPS) is 15.3. The molecule has 0 saturated heterocycles. The van der Waals surface area contributed by atoms with E-state index in [1.807, 2.05) is 36.9 Å². The smallest absolute Gasteiger partial charge is 0.237 e. The van der Waals surface area contributed by atoms with Crippen molar-refractivity contribution in [1.29, 1.82) is 0 Å². The second kappa shape index (κ2) is 6.93. The van der Waals surface area contributed by atoms with Gasteiger partial charge in [-0.15, -0.1) is 0 Å². The van der Waals surface area contributed by atoms with Crippen LogP contribution in [0.4, 0.5) is 5.69 Å². The maximum Gasteiger partial charge on any atom is 0.237 e. The molecule has 0 radical (unpaired) electrons. The lowest BCUT2D eigenvalue weighted by molar-refractivity contribution is -0.122. The number of rotatable bonds is 6. The second-order valence-electron chi connectivity index (χ2n) is 7.85. The first-order valence-corrected chi connectivity index (χ1v) is 9.82. The lowest BCUT2D eigenvalue weighted by atomic mass is 9.86. The van der Waals surface area contributed by atoms with Crippen LogP contribution in [0.5, 0.6) is 5.88 Å². The number of nitrogens with one attached hydrogen (secondary N) is 1. The highest BCUT2D eigenvalue weighted by atomic mass is 16.5. The summed E-state index contributed by atoms with van der Waals surface area (Å²) in [4.78, 5) is 27.3. The summed E-state index contributed by atoms with van der Waals surface area (Å²) < 4.78 is 5.22. The van der Waals surface area contributed by atoms with Crippen molar-refractivity contribution in [2.45, 2.75) is 45.4 Å². The predicted octanol–water partition coefficient (Wildman–Crippen LogP) is 4.45. The first kappa shape index (κ1) is 18.5. The number of amides is 1. The van der Waals surface area contributed by atoms with Crippen LogP contribution >= 0.6 is 0 Å². The van der Waals surface area contributed by atoms with E-state index in [1.54, 1.807) is 13.3 Å². The highest BCUT2D eigenvalue weighted by Gasteiger charge is 2.43. The number of aromatic amines is 1. The van der Waals surface area contributed by atoms with Gasteiger partial charge in [-0.05, 0) is 44.0 Å². The number of aromatic nitrogens is 3. The van der Waals surface area contributed by atoms with Crippen molar-refractivity contribution in [3.63, 3.8) is 0 Å². The Kier molecular flexibility index (Phi) is 4.57. The number of pyridine rings is 1. The number of nitrogens with zero attached hydrogens (tertiary/aromatic N) is 3. The molecule has 0 unspecified atom stereocenters. The fourth-order valence-electron chi connectivity index (χ4n) is 3.88. The number of hydrogen-bond donors (Lipinski definition) is 1. The third-order valence-corrected chi connectivity index (χ3v) is 5.55. The fraction of sp³-hybridized carbons (Fsp3) is 0.409. The number of carbonyl (C=O) groups excluding carboxylic acids is 1. The molecule has 0 aliphatic carbocycles. The van der Waals surface area contributed by atoms with Crippen molar-refractivity contribution in [3.8, 4) is 17.3 Å². The average Bonchev–Trinajstić information content (AvgIpc) is 3.19. The summed E-state index contributed by atoms with van der Waals surface area (Å²) in [5.74, 6) is 1.49. The molecule has 0 spiro atoms. The van der Waals surface area contributed by atoms with Gasteiger partial charge in [0.15, 0.2) is 0 Å². The number of anilines is 1. The molecule has 146 valence electrons. The van der Waals surface area contributed by atoms with E-state index in [0.29, 0.717) is 5.88 Å². The summed E-state index contributed by atoms with van der Waals surface area (Å²) in [6, 6.07) is 7.88. The van der Waals surface area contributed by atoms with Gasteiger partial charge in [0.05, 0.1) is 29.2 Å². The molecule has 1 N–H and O–H groups in total. The number of fused-ring (bicyclic) bond motifs is 2. The summed E-state index contributed by atoms with van der Waals surface area (Å²) in [5, 5.41) is 0. The number of ether oxygens (including phenoxy) is 1. The van der Waals surface area contributed by atoms with Gasteiger partial charge in [-0.25, -0.2) is 9.97 Å². The quantitative estimate of drug-likeness (QED) is 0.644. The van der Waals surface area contributed by atoms with Crippen LogP contribution in [0, 0.1) is 0 Å². The Morgan fingerprint density at radius 2 is 2.04 bits per heavy atom. The molecule has 1 aromatic carbocycles. The Labute approximate surface area is 164 Å². The average molecular weight is 378 g/mol. The van der Waals surface area contributed by atoms with E-state index in [-0.39, 0.29) is 5.91 Å². The fourth-order valence-corrected chi connectivity index (χ4v) is 3.88. The molecule has 28 heavy (non-hydrogen) atoms. The monoisotopic (exact) mass is 378 g/mol. The molecule has 3 aromatic rings. The molecule has 0 atom stereocenters. The zero-order valence-electron chi connectivity index (χ0n) is 16.9. The lowest BCUT2D eigenvalue weighted by Crippen LogP contribution is -2.36. The van der Waals surface area contributed by atoms with Gasteiger partial charge >= 0.3 is 0 Å². The Morgan fingerprint density at radius 3 is 2.79 bits per heavy atom. The summed E-state index contributed by atoms with van der Waals surface area (Å²) in [6.45, 7) is 6.94. The number of unbranched alkanes of at least 4 members (excludes halogenated alkanes) is 2. The van der Waals surface area contributed by atoms with Crippen LogP contribution in [0.2, 0.25) is 0 Å². The van der Waals surface area contributed by atoms with Crippen molar-refractivity contribution >= 4 is 22.6 Å². The highest BCUT2D eigenvalue weighted by Crippen LogP contribution is 2.43. The van der Waals surface area contributed by atoms with Gasteiger partial charge in [-0.2, -0.15) is 0 Å². The third kappa shape index (κ3) is 2.93. The van der Waals surface area contributed by atoms with Crippen LogP contribution in [-0.2, 0) is 10.2 Å². The van der Waals surface area contributed by atoms with Crippen molar-refractivity contribution in [3.05, 3.63) is 36.0 Å². The molecule has 0 bridgehead atoms. The predicted molar refractivity (Wildman–Crippen MR) is 111 cm³/mol. The molecule has 6 nitrogen and oxygen atoms in total. The first-order valence-electron chi connectivity index (χ1n) is 9.82. The number of methoxy groups -OCH3 is 1. The second-order valence-corrected chi connectivity index (χ2v) is 7.85. The van der Waals surface area contributed by atoms with Crippen LogP contribution in [-0.4, -0.2) is 34.5 Å². The number of carbonyl (C=O) groups is 1. The van der Waals surface area contributed by atoms with E-state index in [0.717, 1.165) is 59.5 Å². The van der Waals surface area contributed by atoms with Gasteiger partial charge in [0.1, 0.15) is 5.82 Å². The molecular weight excluding hydrogens is 352 g/mol. The summed E-state index contributed by atoms with van der Waals surface area (Å²) >= 11 is 0. The number of imidazole rings is 1. The number of hydrogen-bond acceptors (Lipinski definition) is 4. The van der Waals surface area contributed by atoms with Crippen molar-refractivity contribution < 1.29 is 9.53 Å². The largest absolute Gasteiger partial charge is 0.481 e. The molecule has 2 aromatic heterocycles. The SMILES string of the molecule is CCCCCN1C(=O)C(C)(C)c2cc3[nH]c(-c4ccnc(OC)c4)nc3cc21. The van der Waals surface area contributed by atoms with Gasteiger partial charge in [-0.1, -0.05) is 19.8 Å². The number of benzene rings is 1. The van der Waals surface area contributed by atoms with Gasteiger partial charge in [0.25, 0.3) is 0 Å². The Hall–Kier alpha value is -2.89. The van der Waals surface area contributed by atoms with Gasteiger partial charge in [0.2, 0.25) is 11.8 Å². The Balaban J connectivity index is 1.77. The van der Waals surface area contributed by atoms with Crippen LogP contribution in [0.3, 0.4) is 0 Å². The van der Waals surface area contributed by atoms with E-state index in [4.69, 9.17) is 9.72 Å². The molecule has 0 saturated carbocycles. The zero-order valence-corrected chi connectivity index (χ0v) is 16.9. The van der Waals surface area contributed by atoms with Crippen molar-refractivity contribution in [2.75, 3.05) is 18.6 Å². The van der Waals surface area contributed by atoms with Crippen molar-refractivity contribution in [1.82, 2.24) is 15.0 Å². The standard InChI is InChI=1S/C22H26N4O2/c1-5-6-7-10-26-18-13-17-16(12-15(18)22(2,3)21(26)27)24-20(25-17)14-8-9-23-19(11-14)28-4/h8-9,11-13H,5-7,10H2,1-4H3,(H,24,25). The minimum Gasteiger partial charge on any atom is -0.481 e. The molecule has 1 amide bonds. The van der Waals surface area contributed by atoms with Gasteiger partial charge < -0.3 is 14.6 Å². The summed E-state index contributed by atoms with van der Waals surface area (Å²) in [6.07, 6.45) is 4.98. The van der Waals surface area contributed by atoms with E-state index >= 15 is 0 Å². The minimum atomic E-state index is -0.527. The van der Waals surface area contributed by atoms with E-state index in [9.17, 15) is 4.79 Å². The highest BCUT2D eigenvalue weighted by molar-refractivity contribution is 6.09. The van der Waals surface area contributed by atoms with Gasteiger partial charge in [-0.3, -0.25) is 4.79 Å². The molecule has 4 rings (SSSR count). The molecule has 1 aliphatic heterocycles. The van der Waals surface area contributed by atoms with Gasteiger partial charge in [0, 0.05) is 24.4 Å². The van der Waals surface area contributed by atoms with Crippen LogP contribution in [0.25, 0.3) is 22.4 Å². The summed E-state index contributed by atoms with van der Waals surface area (Å²) in [5.41, 5.74) is 4.23. The van der Waals surface area contributed by atoms with E-state index in [2.05, 4.69) is 23.0 Å². The third-order valence-electron chi connectivity index (χ3n) is 5.55. The minimum absolute atomic E-state index is 0.172. The Bertz CT molecular complexity index is 1040. The van der Waals surface area contributed by atoms with Crippen LogP contribution in [0.15, 0.2) is 30.5 Å². The molecule has 6 heteroatoms. The van der Waals surface area contributed by atoms with Crippen LogP contribution in [0.1, 0.15) is 45.6 Å². The number of H-pyrrole nitrogens is 1. The molecular formula is C22H26N4O2. The molecule has 3 heterocycles. The van der Waals surface area contributed by atoms with E-state index < -0.39 is 5.41 Å². The van der Waals surface area contributed by atoms with E-state index in [1.165, 1.54) is 0 Å². The molecule has 1 aliphatic rings. The maximum absolute atomic E-state index is 13.0. The zero-order chi connectivity index (χ0) is 19.9.